The highest BCUT2D eigenvalue weighted by molar-refractivity contribution is 7.92. The molecule has 0 atom stereocenters. The minimum atomic E-state index is -3.78. The second-order valence-corrected chi connectivity index (χ2v) is 8.87. The van der Waals surface area contributed by atoms with Crippen molar-refractivity contribution in [2.45, 2.75) is 43.9 Å². The summed E-state index contributed by atoms with van der Waals surface area (Å²) in [6.45, 7) is 4.01. The molecule has 2 rings (SSSR count). The first kappa shape index (κ1) is 22.8. The van der Waals surface area contributed by atoms with Crippen LogP contribution in [0.2, 0.25) is 5.02 Å². The number of halogens is 1. The number of benzene rings is 2. The average molecular weight is 434 g/mol. The number of hydrogen-bond acceptors (Lipinski definition) is 4. The highest BCUT2D eigenvalue weighted by Crippen LogP contribution is 2.25. The van der Waals surface area contributed by atoms with Gasteiger partial charge in [0, 0.05) is 17.9 Å². The minimum Gasteiger partial charge on any atom is -0.469 e. The van der Waals surface area contributed by atoms with E-state index in [9.17, 15) is 13.2 Å². The lowest BCUT2D eigenvalue weighted by Gasteiger charge is -2.12. The topological polar surface area (TPSA) is 72.5 Å². The molecule has 0 aromatic heterocycles. The maximum Gasteiger partial charge on any atom is 0.305 e. The van der Waals surface area contributed by atoms with E-state index in [0.717, 1.165) is 5.56 Å². The number of unbranched alkanes of at least 4 members (excludes halogenated alkanes) is 1. The fraction of sp³-hybridized carbons (Fsp3) is 0.318. The summed E-state index contributed by atoms with van der Waals surface area (Å²) in [6, 6.07) is 11.7. The zero-order valence-electron chi connectivity index (χ0n) is 16.7. The monoisotopic (exact) mass is 433 g/mol. The minimum absolute atomic E-state index is 0.190. The molecule has 0 heterocycles. The number of carbonyl (C=O) groups excluding carboxylic acids is 1. The first-order chi connectivity index (χ1) is 13.7. The average Bonchev–Trinajstić information content (AvgIpc) is 2.69. The Morgan fingerprint density at radius 2 is 1.97 bits per heavy atom. The van der Waals surface area contributed by atoms with Crippen molar-refractivity contribution in [1.82, 2.24) is 0 Å². The smallest absolute Gasteiger partial charge is 0.305 e. The van der Waals surface area contributed by atoms with Gasteiger partial charge in [-0.25, -0.2) is 8.42 Å². The summed E-state index contributed by atoms with van der Waals surface area (Å²) in [4.78, 5) is 11.3. The van der Waals surface area contributed by atoms with Gasteiger partial charge in [-0.2, -0.15) is 0 Å². The predicted molar refractivity (Wildman–Crippen MR) is 116 cm³/mol. The largest absolute Gasteiger partial charge is 0.469 e. The molecule has 0 amide bonds. The lowest BCUT2D eigenvalue weighted by Crippen LogP contribution is -2.14. The molecule has 0 bridgehead atoms. The van der Waals surface area contributed by atoms with Gasteiger partial charge in [0.25, 0.3) is 10.0 Å². The third-order valence-corrected chi connectivity index (χ3v) is 5.79. The number of sulfonamides is 1. The number of nitrogens with one attached hydrogen (secondary N) is 1. The molecule has 0 aliphatic carbocycles. The molecule has 2 aromatic rings. The van der Waals surface area contributed by atoms with Crippen molar-refractivity contribution in [2.24, 2.45) is 0 Å². The number of hydrogen-bond donors (Lipinski definition) is 1. The fourth-order valence-electron chi connectivity index (χ4n) is 2.53. The fourth-order valence-corrected chi connectivity index (χ4v) is 3.84. The predicted octanol–water partition coefficient (Wildman–Crippen LogP) is 4.96. The molecule has 1 N–H and O–H groups in total. The zero-order chi connectivity index (χ0) is 21.4. The standard InChI is InChI=1S/C22H24ClNO4S/c1-16(2)17-9-7-10-20(15-17)29(26,27)24-21-13-12-19(23)14-18(21)8-5-4-6-11-22(25)28-3/h7,9-10,12-16,24H,4,6,11H2,1-3H3. The molecule has 0 radical (unpaired) electrons. The van der Waals surface area contributed by atoms with Gasteiger partial charge in [0.15, 0.2) is 0 Å². The molecule has 154 valence electrons. The third kappa shape index (κ3) is 6.81. The van der Waals surface area contributed by atoms with Crippen LogP contribution < -0.4 is 4.72 Å². The first-order valence-corrected chi connectivity index (χ1v) is 11.1. The van der Waals surface area contributed by atoms with Crippen molar-refractivity contribution in [1.29, 1.82) is 0 Å². The molecule has 0 aliphatic rings. The molecular formula is C22H24ClNO4S. The van der Waals surface area contributed by atoms with E-state index in [1.165, 1.54) is 7.11 Å². The number of esters is 1. The Morgan fingerprint density at radius 3 is 2.66 bits per heavy atom. The van der Waals surface area contributed by atoms with Crippen molar-refractivity contribution in [3.8, 4) is 11.8 Å². The number of anilines is 1. The Balaban J connectivity index is 2.23. The first-order valence-electron chi connectivity index (χ1n) is 9.21. The van der Waals surface area contributed by atoms with Crippen LogP contribution in [-0.2, 0) is 19.6 Å². The van der Waals surface area contributed by atoms with Crippen molar-refractivity contribution >= 4 is 33.3 Å². The van der Waals surface area contributed by atoms with E-state index in [1.807, 2.05) is 19.9 Å². The van der Waals surface area contributed by atoms with Crippen molar-refractivity contribution < 1.29 is 17.9 Å². The van der Waals surface area contributed by atoms with Gasteiger partial charge < -0.3 is 4.74 Å². The van der Waals surface area contributed by atoms with Crippen LogP contribution in [-0.4, -0.2) is 21.5 Å². The summed E-state index contributed by atoms with van der Waals surface area (Å²) in [5.74, 6) is 5.81. The number of ether oxygens (including phenoxy) is 1. The maximum atomic E-state index is 12.9. The van der Waals surface area contributed by atoms with Gasteiger partial charge in [0.2, 0.25) is 0 Å². The van der Waals surface area contributed by atoms with Crippen molar-refractivity contribution in [3.05, 3.63) is 58.6 Å². The third-order valence-electron chi connectivity index (χ3n) is 4.19. The van der Waals surface area contributed by atoms with E-state index in [-0.39, 0.29) is 23.2 Å². The van der Waals surface area contributed by atoms with Crippen LogP contribution in [0, 0.1) is 11.8 Å². The summed E-state index contributed by atoms with van der Waals surface area (Å²) in [5, 5.41) is 0.452. The molecule has 0 saturated heterocycles. The van der Waals surface area contributed by atoms with E-state index in [1.54, 1.807) is 36.4 Å². The Hall–Kier alpha value is -2.49. The van der Waals surface area contributed by atoms with Gasteiger partial charge >= 0.3 is 5.97 Å². The summed E-state index contributed by atoms with van der Waals surface area (Å²) in [7, 11) is -2.43. The molecule has 0 unspecified atom stereocenters. The summed E-state index contributed by atoms with van der Waals surface area (Å²) in [5.41, 5.74) is 1.76. The van der Waals surface area contributed by atoms with E-state index in [4.69, 9.17) is 11.6 Å². The normalized spacial score (nSPS) is 10.9. The molecule has 0 fully saturated rings. The van der Waals surface area contributed by atoms with Crippen molar-refractivity contribution in [2.75, 3.05) is 11.8 Å². The molecule has 0 spiro atoms. The molecule has 29 heavy (non-hydrogen) atoms. The van der Waals surface area contributed by atoms with Gasteiger partial charge in [0.1, 0.15) is 0 Å². The van der Waals surface area contributed by atoms with Crippen LogP contribution >= 0.6 is 11.6 Å². The Kier molecular flexibility index (Phi) is 8.12. The number of rotatable bonds is 7. The van der Waals surface area contributed by atoms with Gasteiger partial charge in [-0.05, 0) is 48.2 Å². The van der Waals surface area contributed by atoms with Gasteiger partial charge in [-0.15, -0.1) is 0 Å². The quantitative estimate of drug-likeness (QED) is 0.380. The SMILES string of the molecule is COC(=O)CCCC#Cc1cc(Cl)ccc1NS(=O)(=O)c1cccc(C(C)C)c1. The van der Waals surface area contributed by atoms with Crippen LogP contribution in [0.1, 0.15) is 50.2 Å². The molecular weight excluding hydrogens is 410 g/mol. The molecule has 0 aliphatic heterocycles. The van der Waals surface area contributed by atoms with E-state index in [0.29, 0.717) is 29.1 Å². The van der Waals surface area contributed by atoms with E-state index >= 15 is 0 Å². The van der Waals surface area contributed by atoms with Crippen LogP contribution in [0.5, 0.6) is 0 Å². The molecule has 2 aromatic carbocycles. The molecule has 0 saturated carbocycles. The van der Waals surface area contributed by atoms with Crippen LogP contribution in [0.4, 0.5) is 5.69 Å². The molecule has 7 heteroatoms. The zero-order valence-corrected chi connectivity index (χ0v) is 18.2. The van der Waals surface area contributed by atoms with E-state index < -0.39 is 10.0 Å². The number of carbonyl (C=O) groups is 1. The lowest BCUT2D eigenvalue weighted by atomic mass is 10.0. The summed E-state index contributed by atoms with van der Waals surface area (Å²) < 4.78 is 32.9. The molecule has 5 nitrogen and oxygen atoms in total. The Morgan fingerprint density at radius 1 is 1.21 bits per heavy atom. The second kappa shape index (κ2) is 10.3. The van der Waals surface area contributed by atoms with Gasteiger partial charge in [0.05, 0.1) is 23.3 Å². The van der Waals surface area contributed by atoms with Gasteiger partial charge in [-0.3, -0.25) is 9.52 Å². The number of methoxy groups -OCH3 is 1. The highest BCUT2D eigenvalue weighted by Gasteiger charge is 2.17. The van der Waals surface area contributed by atoms with Gasteiger partial charge in [-0.1, -0.05) is 49.4 Å². The van der Waals surface area contributed by atoms with Crippen LogP contribution in [0.3, 0.4) is 0 Å². The second-order valence-electron chi connectivity index (χ2n) is 6.75. The Labute approximate surface area is 177 Å². The van der Waals surface area contributed by atoms with E-state index in [2.05, 4.69) is 21.3 Å². The lowest BCUT2D eigenvalue weighted by molar-refractivity contribution is -0.140. The van der Waals surface area contributed by atoms with Crippen LogP contribution in [0.25, 0.3) is 0 Å². The maximum absolute atomic E-state index is 12.9. The Bertz CT molecular complexity index is 1040. The summed E-state index contributed by atoms with van der Waals surface area (Å²) in [6.07, 6.45) is 1.32. The van der Waals surface area contributed by atoms with Crippen molar-refractivity contribution in [3.63, 3.8) is 0 Å². The van der Waals surface area contributed by atoms with Crippen LogP contribution in [0.15, 0.2) is 47.4 Å². The highest BCUT2D eigenvalue weighted by atomic mass is 35.5. The summed E-state index contributed by atoms with van der Waals surface area (Å²) >= 11 is 6.05.